The van der Waals surface area contributed by atoms with Gasteiger partial charge in [-0.2, -0.15) is 10.2 Å². The third-order valence-corrected chi connectivity index (χ3v) is 4.34. The lowest BCUT2D eigenvalue weighted by Gasteiger charge is -2.04. The molecule has 0 N–H and O–H groups in total. The van der Waals surface area contributed by atoms with Gasteiger partial charge in [-0.1, -0.05) is 28.1 Å². The van der Waals surface area contributed by atoms with Gasteiger partial charge < -0.3 is 0 Å². The molecule has 0 amide bonds. The van der Waals surface area contributed by atoms with E-state index in [1.807, 2.05) is 48.4 Å². The lowest BCUT2D eigenvalue weighted by atomic mass is 10.1. The molecule has 2 aromatic carbocycles. The average Bonchev–Trinajstić information content (AvgIpc) is 3.11. The second-order valence-electron chi connectivity index (χ2n) is 5.47. The second-order valence-corrected chi connectivity index (χ2v) is 6.39. The summed E-state index contributed by atoms with van der Waals surface area (Å²) in [5, 5.41) is 9.89. The highest BCUT2D eigenvalue weighted by molar-refractivity contribution is 9.10. The quantitative estimate of drug-likeness (QED) is 0.528. The van der Waals surface area contributed by atoms with Crippen molar-refractivity contribution in [3.05, 3.63) is 71.9 Å². The Labute approximate surface area is 142 Å². The van der Waals surface area contributed by atoms with Crippen molar-refractivity contribution in [2.75, 3.05) is 0 Å². The number of hydrogen-bond donors (Lipinski definition) is 0. The van der Waals surface area contributed by atoms with Gasteiger partial charge in [-0.05, 0) is 42.8 Å². The van der Waals surface area contributed by atoms with Crippen LogP contribution < -0.4 is 0 Å². The molecular formula is C18H14BrN4. The van der Waals surface area contributed by atoms with Gasteiger partial charge in [0.25, 0.3) is 0 Å². The van der Waals surface area contributed by atoms with E-state index in [9.17, 15) is 0 Å². The van der Waals surface area contributed by atoms with Crippen LogP contribution in [-0.4, -0.2) is 19.6 Å². The summed E-state index contributed by atoms with van der Waals surface area (Å²) in [7, 11) is 1.92. The molecule has 0 saturated carbocycles. The van der Waals surface area contributed by atoms with Crippen LogP contribution in [0.2, 0.25) is 0 Å². The molecule has 0 fully saturated rings. The minimum Gasteiger partial charge on any atom is -0.275 e. The Morgan fingerprint density at radius 2 is 1.96 bits per heavy atom. The number of aryl methyl sites for hydroxylation is 1. The Morgan fingerprint density at radius 1 is 1.09 bits per heavy atom. The molecule has 0 aliphatic rings. The van der Waals surface area contributed by atoms with E-state index in [2.05, 4.69) is 51.3 Å². The minimum atomic E-state index is 0.769. The van der Waals surface area contributed by atoms with Gasteiger partial charge >= 0.3 is 0 Å². The maximum atomic E-state index is 4.60. The topological polar surface area (TPSA) is 35.6 Å². The van der Waals surface area contributed by atoms with Crippen LogP contribution >= 0.6 is 15.9 Å². The molecule has 4 nitrogen and oxygen atoms in total. The summed E-state index contributed by atoms with van der Waals surface area (Å²) >= 11 is 3.51. The van der Waals surface area contributed by atoms with E-state index < -0.39 is 0 Å². The molecule has 5 heteroatoms. The first kappa shape index (κ1) is 14.2. The molecule has 0 atom stereocenters. The molecular weight excluding hydrogens is 352 g/mol. The first-order chi connectivity index (χ1) is 11.1. The summed E-state index contributed by atoms with van der Waals surface area (Å²) in [6.45, 7) is 4.09. The number of halogens is 1. The standard InChI is InChI=1S/C18H14BrN4/c1-12-17-8-13(14-10-20-22(2)11-14)6-7-18(17)23(21-12)16-5-3-4-15(19)9-16/h3-11H,1H2,2H3. The SMILES string of the molecule is [CH2]c1nn(-c2cccc(Br)c2)c2ccc(-c3cnn(C)c3)cc12. The van der Waals surface area contributed by atoms with Crippen molar-refractivity contribution in [1.82, 2.24) is 19.6 Å². The molecule has 0 bridgehead atoms. The van der Waals surface area contributed by atoms with Gasteiger partial charge in [0.2, 0.25) is 0 Å². The fourth-order valence-electron chi connectivity index (χ4n) is 2.73. The Kier molecular flexibility index (Phi) is 3.31. The molecule has 0 aliphatic heterocycles. The van der Waals surface area contributed by atoms with Gasteiger partial charge in [0, 0.05) is 28.7 Å². The van der Waals surface area contributed by atoms with E-state index in [4.69, 9.17) is 0 Å². The molecule has 0 unspecified atom stereocenters. The maximum absolute atomic E-state index is 4.60. The summed E-state index contributed by atoms with van der Waals surface area (Å²) in [6, 6.07) is 14.4. The number of benzene rings is 2. The van der Waals surface area contributed by atoms with Gasteiger partial charge in [0.15, 0.2) is 0 Å². The molecule has 4 rings (SSSR count). The van der Waals surface area contributed by atoms with Crippen LogP contribution in [0.1, 0.15) is 5.69 Å². The summed E-state index contributed by atoms with van der Waals surface area (Å²) in [5.74, 6) is 0. The first-order valence-electron chi connectivity index (χ1n) is 7.21. The van der Waals surface area contributed by atoms with Crippen LogP contribution in [0, 0.1) is 6.92 Å². The number of nitrogens with zero attached hydrogens (tertiary/aromatic N) is 4. The monoisotopic (exact) mass is 365 g/mol. The van der Waals surface area contributed by atoms with Crippen LogP contribution in [0.15, 0.2) is 59.3 Å². The van der Waals surface area contributed by atoms with Gasteiger partial charge in [0.1, 0.15) is 0 Å². The van der Waals surface area contributed by atoms with Crippen LogP contribution in [0.25, 0.3) is 27.7 Å². The predicted molar refractivity (Wildman–Crippen MR) is 95.4 cm³/mol. The number of aromatic nitrogens is 4. The normalized spacial score (nSPS) is 11.3. The molecule has 4 aromatic rings. The van der Waals surface area contributed by atoms with Crippen LogP contribution in [-0.2, 0) is 7.05 Å². The van der Waals surface area contributed by atoms with Gasteiger partial charge in [-0.3, -0.25) is 4.68 Å². The maximum Gasteiger partial charge on any atom is 0.0744 e. The highest BCUT2D eigenvalue weighted by Gasteiger charge is 2.11. The Bertz CT molecular complexity index is 1010. The fourth-order valence-corrected chi connectivity index (χ4v) is 3.12. The van der Waals surface area contributed by atoms with Crippen molar-refractivity contribution in [1.29, 1.82) is 0 Å². The van der Waals surface area contributed by atoms with E-state index in [1.54, 1.807) is 4.68 Å². The minimum absolute atomic E-state index is 0.769. The van der Waals surface area contributed by atoms with Crippen molar-refractivity contribution in [2.24, 2.45) is 7.05 Å². The van der Waals surface area contributed by atoms with Crippen LogP contribution in [0.3, 0.4) is 0 Å². The first-order valence-corrected chi connectivity index (χ1v) is 8.01. The van der Waals surface area contributed by atoms with Gasteiger partial charge in [-0.15, -0.1) is 0 Å². The van der Waals surface area contributed by atoms with E-state index in [0.717, 1.165) is 37.9 Å². The van der Waals surface area contributed by atoms with E-state index in [1.165, 1.54) is 0 Å². The molecule has 2 aromatic heterocycles. The average molecular weight is 366 g/mol. The smallest absolute Gasteiger partial charge is 0.0744 e. The third-order valence-electron chi connectivity index (χ3n) is 3.85. The number of fused-ring (bicyclic) bond motifs is 1. The largest absolute Gasteiger partial charge is 0.275 e. The summed E-state index contributed by atoms with van der Waals surface area (Å²) in [6.07, 6.45) is 3.87. The fraction of sp³-hybridized carbons (Fsp3) is 0.0556. The van der Waals surface area contributed by atoms with Crippen LogP contribution in [0.4, 0.5) is 0 Å². The number of rotatable bonds is 2. The third kappa shape index (κ3) is 2.47. The zero-order valence-electron chi connectivity index (χ0n) is 12.6. The Hall–Kier alpha value is -2.40. The molecule has 2 heterocycles. The zero-order chi connectivity index (χ0) is 16.0. The van der Waals surface area contributed by atoms with Crippen molar-refractivity contribution >= 4 is 26.8 Å². The zero-order valence-corrected chi connectivity index (χ0v) is 14.2. The Morgan fingerprint density at radius 3 is 2.70 bits per heavy atom. The predicted octanol–water partition coefficient (Wildman–Crippen LogP) is 4.37. The summed E-state index contributed by atoms with van der Waals surface area (Å²) < 4.78 is 4.75. The lowest BCUT2D eigenvalue weighted by molar-refractivity contribution is 0.768. The molecule has 113 valence electrons. The van der Waals surface area contributed by atoms with Crippen molar-refractivity contribution in [3.8, 4) is 16.8 Å². The lowest BCUT2D eigenvalue weighted by Crippen LogP contribution is -1.96. The van der Waals surface area contributed by atoms with Gasteiger partial charge in [-0.25, -0.2) is 4.68 Å². The van der Waals surface area contributed by atoms with E-state index >= 15 is 0 Å². The van der Waals surface area contributed by atoms with Crippen molar-refractivity contribution in [3.63, 3.8) is 0 Å². The molecule has 0 spiro atoms. The molecule has 0 aliphatic carbocycles. The summed E-state index contributed by atoms with van der Waals surface area (Å²) in [4.78, 5) is 0. The highest BCUT2D eigenvalue weighted by Crippen LogP contribution is 2.28. The molecule has 0 saturated heterocycles. The molecule has 1 radical (unpaired) electrons. The van der Waals surface area contributed by atoms with Gasteiger partial charge in [0.05, 0.1) is 23.1 Å². The summed E-state index contributed by atoms with van der Waals surface area (Å²) in [5.41, 5.74) is 5.02. The van der Waals surface area contributed by atoms with Crippen molar-refractivity contribution < 1.29 is 0 Å². The molecule has 23 heavy (non-hydrogen) atoms. The highest BCUT2D eigenvalue weighted by atomic mass is 79.9. The van der Waals surface area contributed by atoms with Crippen LogP contribution in [0.5, 0.6) is 0 Å². The second kappa shape index (κ2) is 5.35. The van der Waals surface area contributed by atoms with E-state index in [-0.39, 0.29) is 0 Å². The van der Waals surface area contributed by atoms with E-state index in [0.29, 0.717) is 0 Å². The number of hydrogen-bond acceptors (Lipinski definition) is 2. The van der Waals surface area contributed by atoms with Crippen molar-refractivity contribution in [2.45, 2.75) is 0 Å². The Balaban J connectivity index is 1.89.